The molecule has 22 heavy (non-hydrogen) atoms. The van der Waals surface area contributed by atoms with Crippen molar-refractivity contribution in [2.75, 3.05) is 0 Å². The Balaban J connectivity index is 1.82. The Kier molecular flexibility index (Phi) is 4.97. The molecule has 0 unspecified atom stereocenters. The van der Waals surface area contributed by atoms with E-state index in [0.717, 1.165) is 18.3 Å². The van der Waals surface area contributed by atoms with Crippen LogP contribution in [0, 0.1) is 11.6 Å². The van der Waals surface area contributed by atoms with Gasteiger partial charge in [0.1, 0.15) is 5.76 Å². The van der Waals surface area contributed by atoms with E-state index in [1.54, 1.807) is 12.1 Å². The molecule has 1 aromatic heterocycles. The molecule has 1 heterocycles. The molecule has 0 radical (unpaired) electrons. The van der Waals surface area contributed by atoms with Gasteiger partial charge >= 0.3 is 11.8 Å². The molecule has 0 spiro atoms. The van der Waals surface area contributed by atoms with E-state index in [9.17, 15) is 18.4 Å². The van der Waals surface area contributed by atoms with Crippen LogP contribution in [0.3, 0.4) is 0 Å². The van der Waals surface area contributed by atoms with Crippen molar-refractivity contribution in [2.45, 2.75) is 6.54 Å². The van der Waals surface area contributed by atoms with Crippen LogP contribution < -0.4 is 10.7 Å². The summed E-state index contributed by atoms with van der Waals surface area (Å²) >= 11 is 0. The number of amides is 2. The second-order valence-corrected chi connectivity index (χ2v) is 4.13. The van der Waals surface area contributed by atoms with Crippen LogP contribution in [0.2, 0.25) is 0 Å². The van der Waals surface area contributed by atoms with Crippen LogP contribution in [-0.2, 0) is 16.1 Å². The maximum atomic E-state index is 12.9. The number of hydrogen-bond acceptors (Lipinski definition) is 4. The summed E-state index contributed by atoms with van der Waals surface area (Å²) in [5.74, 6) is -3.43. The molecular weight excluding hydrogens is 296 g/mol. The molecular formula is C14H11F2N3O3. The van der Waals surface area contributed by atoms with Crippen molar-refractivity contribution in [1.82, 2.24) is 10.7 Å². The highest BCUT2D eigenvalue weighted by atomic mass is 19.2. The SMILES string of the molecule is O=C(NCc1ccco1)C(=O)N/N=C/c1ccc(F)c(F)c1. The quantitative estimate of drug-likeness (QED) is 0.508. The first-order valence-electron chi connectivity index (χ1n) is 6.15. The van der Waals surface area contributed by atoms with Gasteiger partial charge < -0.3 is 9.73 Å². The topological polar surface area (TPSA) is 83.7 Å². The Morgan fingerprint density at radius 3 is 2.68 bits per heavy atom. The van der Waals surface area contributed by atoms with Crippen molar-refractivity contribution in [1.29, 1.82) is 0 Å². The fraction of sp³-hybridized carbons (Fsp3) is 0.0714. The molecule has 0 atom stereocenters. The van der Waals surface area contributed by atoms with Gasteiger partial charge in [0, 0.05) is 0 Å². The number of furan rings is 1. The van der Waals surface area contributed by atoms with Gasteiger partial charge in [0.25, 0.3) is 0 Å². The average molecular weight is 307 g/mol. The fourth-order valence-corrected chi connectivity index (χ4v) is 1.47. The highest BCUT2D eigenvalue weighted by Gasteiger charge is 2.12. The summed E-state index contributed by atoms with van der Waals surface area (Å²) in [5, 5.41) is 5.80. The smallest absolute Gasteiger partial charge is 0.329 e. The van der Waals surface area contributed by atoms with Crippen LogP contribution in [0.25, 0.3) is 0 Å². The lowest BCUT2D eigenvalue weighted by Gasteiger charge is -2.01. The second-order valence-electron chi connectivity index (χ2n) is 4.13. The van der Waals surface area contributed by atoms with Gasteiger partial charge in [-0.2, -0.15) is 5.10 Å². The number of hydrazone groups is 1. The largest absolute Gasteiger partial charge is 0.467 e. The fourth-order valence-electron chi connectivity index (χ4n) is 1.47. The Bertz CT molecular complexity index is 699. The number of benzene rings is 1. The van der Waals surface area contributed by atoms with E-state index < -0.39 is 23.4 Å². The standard InChI is InChI=1S/C14H11F2N3O3/c15-11-4-3-9(6-12(11)16)7-18-19-14(21)13(20)17-8-10-2-1-5-22-10/h1-7H,8H2,(H,17,20)(H,19,21)/b18-7+. The van der Waals surface area contributed by atoms with E-state index in [1.165, 1.54) is 12.3 Å². The lowest BCUT2D eigenvalue weighted by atomic mass is 10.2. The van der Waals surface area contributed by atoms with E-state index in [2.05, 4.69) is 10.4 Å². The number of carbonyl (C=O) groups excluding carboxylic acids is 2. The molecule has 0 aliphatic carbocycles. The van der Waals surface area contributed by atoms with Crippen LogP contribution in [0.5, 0.6) is 0 Å². The van der Waals surface area contributed by atoms with Crippen LogP contribution in [-0.4, -0.2) is 18.0 Å². The minimum atomic E-state index is -1.04. The molecule has 2 rings (SSSR count). The van der Waals surface area contributed by atoms with Crippen LogP contribution in [0.4, 0.5) is 8.78 Å². The molecule has 6 nitrogen and oxygen atoms in total. The first-order chi connectivity index (χ1) is 10.6. The number of carbonyl (C=O) groups is 2. The van der Waals surface area contributed by atoms with Crippen molar-refractivity contribution in [3.8, 4) is 0 Å². The van der Waals surface area contributed by atoms with Crippen LogP contribution in [0.15, 0.2) is 46.1 Å². The van der Waals surface area contributed by atoms with E-state index in [4.69, 9.17) is 4.42 Å². The highest BCUT2D eigenvalue weighted by molar-refractivity contribution is 6.35. The normalized spacial score (nSPS) is 10.6. The van der Waals surface area contributed by atoms with Gasteiger partial charge in [0.05, 0.1) is 19.0 Å². The van der Waals surface area contributed by atoms with Crippen molar-refractivity contribution in [3.63, 3.8) is 0 Å². The van der Waals surface area contributed by atoms with Gasteiger partial charge in [-0.1, -0.05) is 6.07 Å². The molecule has 0 bridgehead atoms. The first-order valence-corrected chi connectivity index (χ1v) is 6.15. The maximum absolute atomic E-state index is 12.9. The predicted octanol–water partition coefficient (Wildman–Crippen LogP) is 1.32. The van der Waals surface area contributed by atoms with Crippen molar-refractivity contribution >= 4 is 18.0 Å². The lowest BCUT2D eigenvalue weighted by molar-refractivity contribution is -0.139. The highest BCUT2D eigenvalue weighted by Crippen LogP contribution is 2.06. The summed E-state index contributed by atoms with van der Waals surface area (Å²) in [6.45, 7) is 0.0616. The summed E-state index contributed by atoms with van der Waals surface area (Å²) in [6.07, 6.45) is 2.52. The van der Waals surface area contributed by atoms with Gasteiger partial charge in [0.2, 0.25) is 0 Å². The summed E-state index contributed by atoms with van der Waals surface area (Å²) in [6, 6.07) is 6.38. The van der Waals surface area contributed by atoms with E-state index in [-0.39, 0.29) is 12.1 Å². The number of halogens is 2. The minimum Gasteiger partial charge on any atom is -0.467 e. The van der Waals surface area contributed by atoms with Crippen LogP contribution >= 0.6 is 0 Å². The molecule has 0 fully saturated rings. The molecule has 2 amide bonds. The zero-order chi connectivity index (χ0) is 15.9. The Hall–Kier alpha value is -3.03. The van der Waals surface area contributed by atoms with Gasteiger partial charge in [-0.25, -0.2) is 14.2 Å². The maximum Gasteiger partial charge on any atom is 0.329 e. The molecule has 0 aliphatic rings. The lowest BCUT2D eigenvalue weighted by Crippen LogP contribution is -2.37. The Labute approximate surface area is 123 Å². The van der Waals surface area contributed by atoms with Gasteiger partial charge in [-0.05, 0) is 29.8 Å². The molecule has 1 aromatic carbocycles. The summed E-state index contributed by atoms with van der Waals surface area (Å²) < 4.78 is 30.6. The summed E-state index contributed by atoms with van der Waals surface area (Å²) in [7, 11) is 0. The zero-order valence-corrected chi connectivity index (χ0v) is 11.2. The number of nitrogens with zero attached hydrogens (tertiary/aromatic N) is 1. The van der Waals surface area contributed by atoms with Crippen molar-refractivity contribution in [2.24, 2.45) is 5.10 Å². The van der Waals surface area contributed by atoms with Crippen molar-refractivity contribution in [3.05, 3.63) is 59.6 Å². The average Bonchev–Trinajstić information content (AvgIpc) is 3.01. The van der Waals surface area contributed by atoms with Crippen LogP contribution in [0.1, 0.15) is 11.3 Å². The molecule has 8 heteroatoms. The third kappa shape index (κ3) is 4.23. The monoisotopic (exact) mass is 307 g/mol. The Morgan fingerprint density at radius 1 is 1.18 bits per heavy atom. The minimum absolute atomic E-state index is 0.0616. The van der Waals surface area contributed by atoms with Gasteiger partial charge in [0.15, 0.2) is 11.6 Å². The van der Waals surface area contributed by atoms with Gasteiger partial charge in [-0.3, -0.25) is 9.59 Å². The van der Waals surface area contributed by atoms with Gasteiger partial charge in [-0.15, -0.1) is 0 Å². The molecule has 114 valence electrons. The predicted molar refractivity (Wildman–Crippen MR) is 72.6 cm³/mol. The molecule has 0 saturated heterocycles. The first kappa shape index (κ1) is 15.4. The van der Waals surface area contributed by atoms with Crippen molar-refractivity contribution < 1.29 is 22.8 Å². The van der Waals surface area contributed by atoms with E-state index in [0.29, 0.717) is 5.76 Å². The third-order valence-electron chi connectivity index (χ3n) is 2.53. The zero-order valence-electron chi connectivity index (χ0n) is 11.2. The number of hydrogen-bond donors (Lipinski definition) is 2. The van der Waals surface area contributed by atoms with E-state index in [1.807, 2.05) is 5.43 Å². The Morgan fingerprint density at radius 2 is 2.00 bits per heavy atom. The number of nitrogens with one attached hydrogen (secondary N) is 2. The second kappa shape index (κ2) is 7.11. The molecule has 0 saturated carbocycles. The molecule has 2 aromatic rings. The van der Waals surface area contributed by atoms with E-state index >= 15 is 0 Å². The number of rotatable bonds is 4. The summed E-state index contributed by atoms with van der Waals surface area (Å²) in [4.78, 5) is 22.8. The summed E-state index contributed by atoms with van der Waals surface area (Å²) in [5.41, 5.74) is 2.20. The molecule has 2 N–H and O–H groups in total. The molecule has 0 aliphatic heterocycles. The third-order valence-corrected chi connectivity index (χ3v) is 2.53.